The van der Waals surface area contributed by atoms with Crippen molar-refractivity contribution in [1.29, 1.82) is 0 Å². The molecule has 0 radical (unpaired) electrons. The number of hydrogen-bond acceptors (Lipinski definition) is 7. The third kappa shape index (κ3) is 6.09. The molecule has 2 aromatic carbocycles. The minimum Gasteiger partial charge on any atom is -0.543 e. The Morgan fingerprint density at radius 3 is 2.37 bits per heavy atom. The molecule has 0 unspecified atom stereocenters. The summed E-state index contributed by atoms with van der Waals surface area (Å²) in [5, 5.41) is 25.6. The normalized spacial score (nSPS) is 11.3. The zero-order chi connectivity index (χ0) is 19.6. The Hall–Kier alpha value is -2.90. The standard InChI is InChI=1S/C18H19NOS.C2H2O4/c1-19-12-11-17(18-10-5-13-21-18)20-16-9-4-7-14-6-2-3-8-15(14)16;3-1(4)2(5)6/h2-10,13,17,19H,11-12H2,1H3;(H,3,4)(H,5,6)/p-2/t17-;/m0./s1. The number of hydrogen-bond donors (Lipinski definition) is 1. The fraction of sp³-hybridized carbons (Fsp3) is 0.200. The molecule has 0 aliphatic rings. The molecular weight excluding hydrogens is 366 g/mol. The van der Waals surface area contributed by atoms with Crippen LogP contribution in [0.5, 0.6) is 5.75 Å². The van der Waals surface area contributed by atoms with Crippen LogP contribution in [0.2, 0.25) is 0 Å². The molecule has 1 aromatic heterocycles. The number of nitrogens with one attached hydrogen (secondary N) is 1. The van der Waals surface area contributed by atoms with Gasteiger partial charge in [-0.15, -0.1) is 11.3 Å². The molecule has 27 heavy (non-hydrogen) atoms. The van der Waals surface area contributed by atoms with Crippen molar-refractivity contribution in [3.05, 3.63) is 64.9 Å². The molecule has 3 rings (SSSR count). The molecule has 142 valence electrons. The molecule has 7 heteroatoms. The molecular formula is C20H19NO5S-2. The fourth-order valence-electron chi connectivity index (χ4n) is 2.46. The van der Waals surface area contributed by atoms with Crippen LogP contribution in [0.15, 0.2) is 60.0 Å². The number of ether oxygens (including phenoxy) is 1. The molecule has 1 heterocycles. The van der Waals surface area contributed by atoms with Crippen LogP contribution in [0.3, 0.4) is 0 Å². The quantitative estimate of drug-likeness (QED) is 0.638. The van der Waals surface area contributed by atoms with Gasteiger partial charge in [-0.05, 0) is 36.5 Å². The summed E-state index contributed by atoms with van der Waals surface area (Å²) in [5.41, 5.74) is 0. The molecule has 0 aliphatic heterocycles. The van der Waals surface area contributed by atoms with E-state index in [9.17, 15) is 0 Å². The van der Waals surface area contributed by atoms with Gasteiger partial charge in [0.05, 0.1) is 11.9 Å². The maximum atomic E-state index is 8.93. The monoisotopic (exact) mass is 385 g/mol. The predicted octanol–water partition coefficient (Wildman–Crippen LogP) is 1.12. The summed E-state index contributed by atoms with van der Waals surface area (Å²) < 4.78 is 6.34. The van der Waals surface area contributed by atoms with Gasteiger partial charge >= 0.3 is 0 Å². The summed E-state index contributed by atoms with van der Waals surface area (Å²) >= 11 is 1.75. The summed E-state index contributed by atoms with van der Waals surface area (Å²) in [4.78, 5) is 19.1. The van der Waals surface area contributed by atoms with Crippen LogP contribution in [-0.2, 0) is 9.59 Å². The molecule has 0 saturated heterocycles. The van der Waals surface area contributed by atoms with Crippen LogP contribution in [-0.4, -0.2) is 25.5 Å². The van der Waals surface area contributed by atoms with Crippen LogP contribution in [0.25, 0.3) is 10.8 Å². The van der Waals surface area contributed by atoms with Crippen LogP contribution < -0.4 is 20.3 Å². The smallest absolute Gasteiger partial charge is 0.134 e. The third-order valence-electron chi connectivity index (χ3n) is 3.70. The Labute approximate surface area is 161 Å². The number of carboxylic acid groups (broad SMARTS) is 2. The molecule has 1 N–H and O–H groups in total. The van der Waals surface area contributed by atoms with Crippen molar-refractivity contribution in [2.75, 3.05) is 13.6 Å². The maximum Gasteiger partial charge on any atom is 0.134 e. The fourth-order valence-corrected chi connectivity index (χ4v) is 3.25. The lowest BCUT2D eigenvalue weighted by molar-refractivity contribution is -0.345. The molecule has 1 atom stereocenters. The molecule has 0 bridgehead atoms. The lowest BCUT2D eigenvalue weighted by Gasteiger charge is -2.19. The van der Waals surface area contributed by atoms with E-state index >= 15 is 0 Å². The summed E-state index contributed by atoms with van der Waals surface area (Å²) in [7, 11) is 1.98. The van der Waals surface area contributed by atoms with Gasteiger partial charge in [0.2, 0.25) is 0 Å². The highest BCUT2D eigenvalue weighted by Gasteiger charge is 2.15. The second kappa shape index (κ2) is 10.3. The van der Waals surface area contributed by atoms with E-state index in [1.165, 1.54) is 15.6 Å². The average Bonchev–Trinajstić information content (AvgIpc) is 3.20. The zero-order valence-electron chi connectivity index (χ0n) is 14.7. The van der Waals surface area contributed by atoms with Gasteiger partial charge in [-0.1, -0.05) is 42.5 Å². The van der Waals surface area contributed by atoms with Crippen molar-refractivity contribution in [3.8, 4) is 5.75 Å². The van der Waals surface area contributed by atoms with Gasteiger partial charge in [0, 0.05) is 16.7 Å². The number of rotatable bonds is 6. The van der Waals surface area contributed by atoms with Crippen LogP contribution in [0, 0.1) is 0 Å². The molecule has 0 aliphatic carbocycles. The first-order valence-corrected chi connectivity index (χ1v) is 9.15. The van der Waals surface area contributed by atoms with E-state index in [0.717, 1.165) is 18.7 Å². The molecule has 3 aromatic rings. The number of aliphatic carboxylic acids is 2. The van der Waals surface area contributed by atoms with Crippen LogP contribution in [0.4, 0.5) is 0 Å². The first-order valence-electron chi connectivity index (χ1n) is 8.27. The van der Waals surface area contributed by atoms with Gasteiger partial charge in [-0.25, -0.2) is 0 Å². The molecule has 6 nitrogen and oxygen atoms in total. The zero-order valence-corrected chi connectivity index (χ0v) is 15.5. The van der Waals surface area contributed by atoms with Crippen molar-refractivity contribution >= 4 is 34.0 Å². The number of carboxylic acids is 2. The second-order valence-electron chi connectivity index (χ2n) is 5.57. The van der Waals surface area contributed by atoms with Crippen molar-refractivity contribution in [2.45, 2.75) is 12.5 Å². The van der Waals surface area contributed by atoms with Crippen LogP contribution in [0.1, 0.15) is 17.4 Å². The third-order valence-corrected chi connectivity index (χ3v) is 4.67. The molecule has 0 spiro atoms. The molecule has 0 amide bonds. The lowest BCUT2D eigenvalue weighted by Crippen LogP contribution is -2.42. The average molecular weight is 385 g/mol. The van der Waals surface area contributed by atoms with E-state index in [1.807, 2.05) is 7.05 Å². The van der Waals surface area contributed by atoms with E-state index in [4.69, 9.17) is 24.5 Å². The van der Waals surface area contributed by atoms with E-state index in [-0.39, 0.29) is 6.10 Å². The Morgan fingerprint density at radius 2 is 1.74 bits per heavy atom. The summed E-state index contributed by atoms with van der Waals surface area (Å²) in [6, 6.07) is 18.8. The van der Waals surface area contributed by atoms with Gasteiger partial charge < -0.3 is 29.9 Å². The number of carbonyl (C=O) groups excluding carboxylic acids is 2. The van der Waals surface area contributed by atoms with Gasteiger partial charge in [0.1, 0.15) is 11.9 Å². The molecule has 0 fully saturated rings. The number of thiophene rings is 1. The summed E-state index contributed by atoms with van der Waals surface area (Å²) in [5.74, 6) is -3.41. The number of benzene rings is 2. The molecule has 0 saturated carbocycles. The first kappa shape index (κ1) is 20.4. The lowest BCUT2D eigenvalue weighted by atomic mass is 10.1. The Kier molecular flexibility index (Phi) is 7.79. The largest absolute Gasteiger partial charge is 0.543 e. The first-order chi connectivity index (χ1) is 13.0. The minimum atomic E-state index is -2.19. The van der Waals surface area contributed by atoms with Gasteiger partial charge in [0.25, 0.3) is 0 Å². The van der Waals surface area contributed by atoms with E-state index < -0.39 is 11.9 Å². The Morgan fingerprint density at radius 1 is 1.04 bits per heavy atom. The van der Waals surface area contributed by atoms with E-state index in [0.29, 0.717) is 0 Å². The number of fused-ring (bicyclic) bond motifs is 1. The van der Waals surface area contributed by atoms with Gasteiger partial charge in [0.15, 0.2) is 0 Å². The van der Waals surface area contributed by atoms with Crippen LogP contribution >= 0.6 is 11.3 Å². The Bertz CT molecular complexity index is 862. The topological polar surface area (TPSA) is 102 Å². The van der Waals surface area contributed by atoms with Gasteiger partial charge in [-0.3, -0.25) is 0 Å². The summed E-state index contributed by atoms with van der Waals surface area (Å²) in [6.45, 7) is 0.938. The van der Waals surface area contributed by atoms with Crippen molar-refractivity contribution in [3.63, 3.8) is 0 Å². The highest BCUT2D eigenvalue weighted by atomic mass is 32.1. The van der Waals surface area contributed by atoms with E-state index in [2.05, 4.69) is 65.3 Å². The van der Waals surface area contributed by atoms with Gasteiger partial charge in [-0.2, -0.15) is 0 Å². The highest BCUT2D eigenvalue weighted by Crippen LogP contribution is 2.32. The predicted molar refractivity (Wildman–Crippen MR) is 100 cm³/mol. The SMILES string of the molecule is CNCC[C@H](Oc1cccc2ccccc12)c1cccs1.O=C([O-])C(=O)[O-]. The second-order valence-corrected chi connectivity index (χ2v) is 6.55. The minimum absolute atomic E-state index is 0.100. The number of carbonyl (C=O) groups is 2. The van der Waals surface area contributed by atoms with Crippen molar-refractivity contribution in [1.82, 2.24) is 5.32 Å². The summed E-state index contributed by atoms with van der Waals surface area (Å²) in [6.07, 6.45) is 1.06. The van der Waals surface area contributed by atoms with Crippen molar-refractivity contribution in [2.24, 2.45) is 0 Å². The van der Waals surface area contributed by atoms with E-state index in [1.54, 1.807) is 11.3 Å². The van der Waals surface area contributed by atoms with Crippen molar-refractivity contribution < 1.29 is 24.5 Å². The maximum absolute atomic E-state index is 8.93. The Balaban J connectivity index is 0.000000380. The highest BCUT2D eigenvalue weighted by molar-refractivity contribution is 7.10.